The van der Waals surface area contributed by atoms with Gasteiger partial charge in [0.1, 0.15) is 12.8 Å². The number of amides is 1. The zero-order valence-corrected chi connectivity index (χ0v) is 10.7. The third-order valence-electron chi connectivity index (χ3n) is 3.20. The summed E-state index contributed by atoms with van der Waals surface area (Å²) in [5, 5.41) is 0. The first kappa shape index (κ1) is 13.5. The summed E-state index contributed by atoms with van der Waals surface area (Å²) in [5.41, 5.74) is 0.912. The molecular weight excluding hydrogens is 247 g/mol. The largest absolute Gasteiger partial charge is 0.445 e. The van der Waals surface area contributed by atoms with Gasteiger partial charge in [-0.3, -0.25) is 4.99 Å². The third kappa shape index (κ3) is 3.53. The predicted octanol–water partition coefficient (Wildman–Crippen LogP) is 2.44. The Morgan fingerprint density at radius 2 is 2.21 bits per heavy atom. The second-order valence-corrected chi connectivity index (χ2v) is 4.54. The summed E-state index contributed by atoms with van der Waals surface area (Å²) in [5.74, 6) is 0. The number of benzene rings is 1. The van der Waals surface area contributed by atoms with Gasteiger partial charge in [-0.2, -0.15) is 0 Å². The summed E-state index contributed by atoms with van der Waals surface area (Å²) in [6.45, 7) is 4.04. The van der Waals surface area contributed by atoms with E-state index in [1.54, 1.807) is 0 Å². The molecule has 1 aromatic carbocycles. The number of ether oxygens (including phenoxy) is 1. The van der Waals surface area contributed by atoms with Crippen molar-refractivity contribution in [1.82, 2.24) is 4.90 Å². The summed E-state index contributed by atoms with van der Waals surface area (Å²) in [4.78, 5) is 16.9. The number of likely N-dealkylation sites (tertiary alicyclic amines) is 1. The lowest BCUT2D eigenvalue weighted by atomic mass is 10.0. The fraction of sp³-hybridized carbons (Fsp3) is 0.429. The van der Waals surface area contributed by atoms with Gasteiger partial charge in [0.15, 0.2) is 0 Å². The topological polar surface area (TPSA) is 41.9 Å². The van der Waals surface area contributed by atoms with Crippen LogP contribution in [0.25, 0.3) is 0 Å². The monoisotopic (exact) mass is 264 g/mol. The van der Waals surface area contributed by atoms with E-state index in [0.717, 1.165) is 5.56 Å². The Balaban J connectivity index is 1.82. The maximum absolute atomic E-state index is 13.6. The summed E-state index contributed by atoms with van der Waals surface area (Å²) >= 11 is 0. The molecule has 2 atom stereocenters. The molecule has 0 spiro atoms. The first-order chi connectivity index (χ1) is 9.20. The van der Waals surface area contributed by atoms with Crippen LogP contribution in [0.5, 0.6) is 0 Å². The molecule has 1 heterocycles. The average molecular weight is 264 g/mol. The molecule has 1 aliphatic rings. The first-order valence-corrected chi connectivity index (χ1v) is 6.26. The molecule has 19 heavy (non-hydrogen) atoms. The van der Waals surface area contributed by atoms with Crippen molar-refractivity contribution in [3.63, 3.8) is 0 Å². The number of aliphatic imine (C=N–C) groups is 1. The normalized spacial score (nSPS) is 22.9. The van der Waals surface area contributed by atoms with Crippen molar-refractivity contribution >= 4 is 12.8 Å². The highest BCUT2D eigenvalue weighted by Crippen LogP contribution is 2.17. The van der Waals surface area contributed by atoms with E-state index < -0.39 is 18.3 Å². The number of halogens is 1. The van der Waals surface area contributed by atoms with Crippen molar-refractivity contribution in [1.29, 1.82) is 0 Å². The van der Waals surface area contributed by atoms with Crippen LogP contribution in [-0.4, -0.2) is 43.0 Å². The molecule has 0 radical (unpaired) electrons. The Kier molecular flexibility index (Phi) is 4.49. The van der Waals surface area contributed by atoms with Crippen molar-refractivity contribution in [2.24, 2.45) is 4.99 Å². The third-order valence-corrected chi connectivity index (χ3v) is 3.20. The van der Waals surface area contributed by atoms with Crippen molar-refractivity contribution in [2.45, 2.75) is 25.2 Å². The fourth-order valence-electron chi connectivity index (χ4n) is 2.07. The van der Waals surface area contributed by atoms with Crippen LogP contribution >= 0.6 is 0 Å². The second kappa shape index (κ2) is 6.31. The number of carbonyl (C=O) groups is 1. The molecule has 0 aromatic heterocycles. The van der Waals surface area contributed by atoms with Gasteiger partial charge in [0.05, 0.1) is 12.6 Å². The van der Waals surface area contributed by atoms with E-state index in [4.69, 9.17) is 4.74 Å². The average Bonchev–Trinajstić information content (AvgIpc) is 2.45. The molecule has 0 bridgehead atoms. The van der Waals surface area contributed by atoms with Crippen LogP contribution in [0, 0.1) is 0 Å². The molecule has 0 saturated carbocycles. The van der Waals surface area contributed by atoms with Crippen LogP contribution in [0.2, 0.25) is 0 Å². The molecule has 4 nitrogen and oxygen atoms in total. The van der Waals surface area contributed by atoms with E-state index in [2.05, 4.69) is 11.7 Å². The summed E-state index contributed by atoms with van der Waals surface area (Å²) in [6.07, 6.45) is -1.14. The van der Waals surface area contributed by atoms with Crippen LogP contribution in [0.1, 0.15) is 12.0 Å². The van der Waals surface area contributed by atoms with E-state index in [9.17, 15) is 9.18 Å². The predicted molar refractivity (Wildman–Crippen MR) is 71.1 cm³/mol. The van der Waals surface area contributed by atoms with Gasteiger partial charge >= 0.3 is 6.09 Å². The Morgan fingerprint density at radius 1 is 1.47 bits per heavy atom. The number of hydrogen-bond acceptors (Lipinski definition) is 3. The number of rotatable bonds is 3. The van der Waals surface area contributed by atoms with Crippen LogP contribution in [-0.2, 0) is 11.3 Å². The smallest absolute Gasteiger partial charge is 0.410 e. The Morgan fingerprint density at radius 3 is 2.84 bits per heavy atom. The summed E-state index contributed by atoms with van der Waals surface area (Å²) < 4.78 is 18.8. The molecule has 1 aromatic rings. The second-order valence-electron chi connectivity index (χ2n) is 4.54. The maximum Gasteiger partial charge on any atom is 0.410 e. The van der Waals surface area contributed by atoms with Crippen LogP contribution in [0.15, 0.2) is 35.3 Å². The first-order valence-electron chi connectivity index (χ1n) is 6.26. The SMILES string of the molecule is C=N[C@@H]1CCN(C(=O)OCc2ccccc2)C[C@H]1F. The van der Waals surface area contributed by atoms with Gasteiger partial charge in [-0.25, -0.2) is 9.18 Å². The minimum atomic E-state index is -1.16. The van der Waals surface area contributed by atoms with Crippen molar-refractivity contribution in [3.8, 4) is 0 Å². The summed E-state index contributed by atoms with van der Waals surface area (Å²) in [6, 6.07) is 8.99. The standard InChI is InChI=1S/C14H17FN2O2/c1-16-13-7-8-17(9-12(13)15)14(18)19-10-11-5-3-2-4-6-11/h2-6,12-13H,1,7-10H2/t12-,13-/m1/s1. The molecule has 0 N–H and O–H groups in total. The van der Waals surface area contributed by atoms with E-state index in [1.807, 2.05) is 30.3 Å². The summed E-state index contributed by atoms with van der Waals surface area (Å²) in [7, 11) is 0. The Labute approximate surface area is 111 Å². The molecule has 1 amide bonds. The van der Waals surface area contributed by atoms with E-state index in [1.165, 1.54) is 4.90 Å². The molecule has 1 aliphatic heterocycles. The lowest BCUT2D eigenvalue weighted by Crippen LogP contribution is -2.46. The van der Waals surface area contributed by atoms with Crippen LogP contribution < -0.4 is 0 Å². The maximum atomic E-state index is 13.6. The Bertz CT molecular complexity index is 438. The van der Waals surface area contributed by atoms with Crippen LogP contribution in [0.4, 0.5) is 9.18 Å². The zero-order valence-electron chi connectivity index (χ0n) is 10.7. The Hall–Kier alpha value is -1.91. The molecule has 5 heteroatoms. The molecule has 1 fully saturated rings. The molecule has 2 rings (SSSR count). The van der Waals surface area contributed by atoms with Gasteiger partial charge in [0.2, 0.25) is 0 Å². The highest BCUT2D eigenvalue weighted by Gasteiger charge is 2.31. The van der Waals surface area contributed by atoms with Crippen molar-refractivity contribution in [3.05, 3.63) is 35.9 Å². The fourth-order valence-corrected chi connectivity index (χ4v) is 2.07. The lowest BCUT2D eigenvalue weighted by molar-refractivity contribution is 0.0664. The van der Waals surface area contributed by atoms with E-state index >= 15 is 0 Å². The van der Waals surface area contributed by atoms with E-state index in [-0.39, 0.29) is 13.2 Å². The highest BCUT2D eigenvalue weighted by atomic mass is 19.1. The number of hydrogen-bond donors (Lipinski definition) is 0. The number of nitrogens with zero attached hydrogens (tertiary/aromatic N) is 2. The van der Waals surface area contributed by atoms with Crippen molar-refractivity contribution < 1.29 is 13.9 Å². The van der Waals surface area contributed by atoms with Gasteiger partial charge in [-0.1, -0.05) is 30.3 Å². The van der Waals surface area contributed by atoms with Crippen molar-refractivity contribution in [2.75, 3.05) is 13.1 Å². The quantitative estimate of drug-likeness (QED) is 0.787. The molecular formula is C14H17FN2O2. The van der Waals surface area contributed by atoms with Gasteiger partial charge in [-0.15, -0.1) is 0 Å². The zero-order chi connectivity index (χ0) is 13.7. The lowest BCUT2D eigenvalue weighted by Gasteiger charge is -2.31. The van der Waals surface area contributed by atoms with Crippen LogP contribution in [0.3, 0.4) is 0 Å². The minimum absolute atomic E-state index is 0.0251. The van der Waals surface area contributed by atoms with Gasteiger partial charge in [-0.05, 0) is 18.7 Å². The van der Waals surface area contributed by atoms with Gasteiger partial charge in [0.25, 0.3) is 0 Å². The molecule has 0 aliphatic carbocycles. The van der Waals surface area contributed by atoms with Gasteiger partial charge < -0.3 is 9.64 Å². The molecule has 102 valence electrons. The minimum Gasteiger partial charge on any atom is -0.445 e. The van der Waals surface area contributed by atoms with E-state index in [0.29, 0.717) is 13.0 Å². The molecule has 0 unspecified atom stereocenters. The number of carbonyl (C=O) groups excluding carboxylic acids is 1. The van der Waals surface area contributed by atoms with Gasteiger partial charge in [0, 0.05) is 6.54 Å². The number of alkyl halides is 1. The highest BCUT2D eigenvalue weighted by molar-refractivity contribution is 5.67. The molecule has 1 saturated heterocycles. The number of piperidine rings is 1.